The highest BCUT2D eigenvalue weighted by Gasteiger charge is 2.33. The Morgan fingerprint density at radius 2 is 1.93 bits per heavy atom. The van der Waals surface area contributed by atoms with Gasteiger partial charge >= 0.3 is 6.18 Å². The number of anilines is 1. The standard InChI is InChI=1S/C21H15F3N6/c22-21(23,24)18-3-5-26-10-16(18)12-29-19-14(2-1-4-27-19)7-15-11-30-20-17(15)6-13(8-25)9-28-20/h1-6,9-11H,7,12H2,(H,27,29)(H,28,30). The van der Waals surface area contributed by atoms with E-state index in [2.05, 4.69) is 31.3 Å². The fourth-order valence-corrected chi connectivity index (χ4v) is 3.23. The molecular weight excluding hydrogens is 393 g/mol. The first kappa shape index (κ1) is 19.4. The van der Waals surface area contributed by atoms with Crippen molar-refractivity contribution in [1.82, 2.24) is 19.9 Å². The lowest BCUT2D eigenvalue weighted by molar-refractivity contribution is -0.138. The molecule has 4 heterocycles. The Labute approximate surface area is 169 Å². The molecule has 4 aromatic rings. The van der Waals surface area contributed by atoms with E-state index in [4.69, 9.17) is 5.26 Å². The number of aromatic nitrogens is 4. The zero-order chi connectivity index (χ0) is 21.1. The van der Waals surface area contributed by atoms with E-state index in [-0.39, 0.29) is 12.1 Å². The lowest BCUT2D eigenvalue weighted by Gasteiger charge is -2.14. The smallest absolute Gasteiger partial charge is 0.366 e. The number of halogens is 3. The summed E-state index contributed by atoms with van der Waals surface area (Å²) in [6.45, 7) is -0.0687. The zero-order valence-electron chi connectivity index (χ0n) is 15.5. The molecule has 9 heteroatoms. The van der Waals surface area contributed by atoms with Crippen LogP contribution >= 0.6 is 0 Å². The largest absolute Gasteiger partial charge is 0.416 e. The third-order valence-corrected chi connectivity index (χ3v) is 4.67. The van der Waals surface area contributed by atoms with Crippen molar-refractivity contribution in [2.45, 2.75) is 19.1 Å². The van der Waals surface area contributed by atoms with Crippen molar-refractivity contribution in [1.29, 1.82) is 5.26 Å². The first-order valence-corrected chi connectivity index (χ1v) is 8.99. The third kappa shape index (κ3) is 3.93. The fourth-order valence-electron chi connectivity index (χ4n) is 3.23. The highest BCUT2D eigenvalue weighted by atomic mass is 19.4. The summed E-state index contributed by atoms with van der Waals surface area (Å²) in [5, 5.41) is 12.9. The molecule has 0 atom stereocenters. The zero-order valence-corrected chi connectivity index (χ0v) is 15.5. The van der Waals surface area contributed by atoms with Crippen molar-refractivity contribution in [3.8, 4) is 6.07 Å². The van der Waals surface area contributed by atoms with Crippen LogP contribution in [0, 0.1) is 11.3 Å². The van der Waals surface area contributed by atoms with Crippen LogP contribution in [0.15, 0.2) is 55.2 Å². The molecule has 4 rings (SSSR count). The Balaban J connectivity index is 1.60. The summed E-state index contributed by atoms with van der Waals surface area (Å²) in [4.78, 5) is 15.4. The summed E-state index contributed by atoms with van der Waals surface area (Å²) >= 11 is 0. The number of hydrogen-bond acceptors (Lipinski definition) is 5. The van der Waals surface area contributed by atoms with E-state index in [1.54, 1.807) is 24.5 Å². The van der Waals surface area contributed by atoms with E-state index >= 15 is 0 Å². The summed E-state index contributed by atoms with van der Waals surface area (Å²) in [6.07, 6.45) is 3.20. The molecule has 30 heavy (non-hydrogen) atoms. The molecule has 150 valence electrons. The third-order valence-electron chi connectivity index (χ3n) is 4.67. The normalized spacial score (nSPS) is 11.4. The van der Waals surface area contributed by atoms with Crippen LogP contribution in [0.25, 0.3) is 11.0 Å². The number of nitriles is 1. The molecule has 0 amide bonds. The van der Waals surface area contributed by atoms with Gasteiger partial charge in [-0.1, -0.05) is 6.07 Å². The Hall–Kier alpha value is -3.93. The molecule has 2 N–H and O–H groups in total. The molecule has 0 saturated carbocycles. The average Bonchev–Trinajstić information content (AvgIpc) is 3.14. The molecule has 4 aromatic heterocycles. The molecule has 6 nitrogen and oxygen atoms in total. The Morgan fingerprint density at radius 1 is 1.07 bits per heavy atom. The Morgan fingerprint density at radius 3 is 2.73 bits per heavy atom. The molecule has 0 radical (unpaired) electrons. The van der Waals surface area contributed by atoms with Gasteiger partial charge in [0.2, 0.25) is 0 Å². The minimum atomic E-state index is -4.46. The van der Waals surface area contributed by atoms with Crippen LogP contribution in [-0.4, -0.2) is 19.9 Å². The molecule has 0 bridgehead atoms. The highest BCUT2D eigenvalue weighted by molar-refractivity contribution is 5.81. The molecule has 0 spiro atoms. The van der Waals surface area contributed by atoms with Gasteiger partial charge in [-0.2, -0.15) is 18.4 Å². The van der Waals surface area contributed by atoms with Crippen molar-refractivity contribution in [2.75, 3.05) is 5.32 Å². The summed E-state index contributed by atoms with van der Waals surface area (Å²) in [5.74, 6) is 0.480. The van der Waals surface area contributed by atoms with Gasteiger partial charge in [0.1, 0.15) is 17.5 Å². The minimum absolute atomic E-state index is 0.0385. The van der Waals surface area contributed by atoms with E-state index in [9.17, 15) is 13.2 Å². The number of pyridine rings is 3. The van der Waals surface area contributed by atoms with Crippen molar-refractivity contribution in [3.05, 3.63) is 83.1 Å². The first-order valence-electron chi connectivity index (χ1n) is 8.99. The molecule has 0 saturated heterocycles. The van der Waals surface area contributed by atoms with Gasteiger partial charge in [0.15, 0.2) is 0 Å². The quantitative estimate of drug-likeness (QED) is 0.509. The summed E-state index contributed by atoms with van der Waals surface area (Å²) in [5.41, 5.74) is 2.13. The molecule has 0 aromatic carbocycles. The van der Waals surface area contributed by atoms with Crippen LogP contribution in [0.5, 0.6) is 0 Å². The number of rotatable bonds is 5. The van der Waals surface area contributed by atoms with Gasteiger partial charge in [0.25, 0.3) is 0 Å². The maximum Gasteiger partial charge on any atom is 0.416 e. The molecular formula is C21H15F3N6. The van der Waals surface area contributed by atoms with E-state index in [0.717, 1.165) is 28.8 Å². The number of nitrogens with zero attached hydrogens (tertiary/aromatic N) is 4. The SMILES string of the molecule is N#Cc1cnc2[nH]cc(Cc3cccnc3NCc3cnccc3C(F)(F)F)c2c1. The lowest BCUT2D eigenvalue weighted by Crippen LogP contribution is -2.13. The number of fused-ring (bicyclic) bond motifs is 1. The number of aromatic amines is 1. The van der Waals surface area contributed by atoms with Crippen LogP contribution in [-0.2, 0) is 19.1 Å². The second-order valence-electron chi connectivity index (χ2n) is 6.62. The summed E-state index contributed by atoms with van der Waals surface area (Å²) < 4.78 is 39.6. The van der Waals surface area contributed by atoms with Gasteiger partial charge in [-0.05, 0) is 29.3 Å². The molecule has 0 fully saturated rings. The first-order chi connectivity index (χ1) is 14.5. The van der Waals surface area contributed by atoms with Crippen molar-refractivity contribution >= 4 is 16.9 Å². The number of hydrogen-bond donors (Lipinski definition) is 2. The van der Waals surface area contributed by atoms with E-state index in [0.29, 0.717) is 23.4 Å². The van der Waals surface area contributed by atoms with Crippen LogP contribution < -0.4 is 5.32 Å². The van der Waals surface area contributed by atoms with E-state index < -0.39 is 11.7 Å². The van der Waals surface area contributed by atoms with Gasteiger partial charge in [-0.15, -0.1) is 0 Å². The van der Waals surface area contributed by atoms with Gasteiger partial charge in [0.05, 0.1) is 11.1 Å². The van der Waals surface area contributed by atoms with Crippen molar-refractivity contribution in [2.24, 2.45) is 0 Å². The van der Waals surface area contributed by atoms with E-state index in [1.807, 2.05) is 6.07 Å². The van der Waals surface area contributed by atoms with E-state index in [1.165, 1.54) is 12.4 Å². The minimum Gasteiger partial charge on any atom is -0.366 e. The van der Waals surface area contributed by atoms with Crippen molar-refractivity contribution in [3.63, 3.8) is 0 Å². The number of H-pyrrole nitrogens is 1. The maximum atomic E-state index is 13.2. The predicted octanol–water partition coefficient (Wildman–Crippen LogP) is 4.45. The molecule has 0 aliphatic carbocycles. The van der Waals surface area contributed by atoms with Crippen molar-refractivity contribution < 1.29 is 13.2 Å². The maximum absolute atomic E-state index is 13.2. The van der Waals surface area contributed by atoms with Crippen LogP contribution in [0.4, 0.5) is 19.0 Å². The van der Waals surface area contributed by atoms with Crippen LogP contribution in [0.2, 0.25) is 0 Å². The Kier molecular flexibility index (Phi) is 5.06. The van der Waals surface area contributed by atoms with Gasteiger partial charge in [-0.25, -0.2) is 9.97 Å². The highest BCUT2D eigenvalue weighted by Crippen LogP contribution is 2.32. The van der Waals surface area contributed by atoms with Gasteiger partial charge < -0.3 is 10.3 Å². The predicted molar refractivity (Wildman–Crippen MR) is 104 cm³/mol. The summed E-state index contributed by atoms with van der Waals surface area (Å²) in [7, 11) is 0. The second kappa shape index (κ2) is 7.83. The topological polar surface area (TPSA) is 90.3 Å². The Bertz CT molecular complexity index is 1240. The monoisotopic (exact) mass is 408 g/mol. The lowest BCUT2D eigenvalue weighted by atomic mass is 10.0. The molecule has 0 unspecified atom stereocenters. The number of alkyl halides is 3. The van der Waals surface area contributed by atoms with Crippen LogP contribution in [0.1, 0.15) is 27.8 Å². The van der Waals surface area contributed by atoms with Gasteiger partial charge in [-0.3, -0.25) is 4.98 Å². The van der Waals surface area contributed by atoms with Crippen LogP contribution in [0.3, 0.4) is 0 Å². The second-order valence-corrected chi connectivity index (χ2v) is 6.62. The average molecular weight is 408 g/mol. The summed E-state index contributed by atoms with van der Waals surface area (Å²) in [6, 6.07) is 8.40. The fraction of sp³-hybridized carbons (Fsp3) is 0.143. The number of nitrogens with one attached hydrogen (secondary N) is 2. The molecule has 0 aliphatic heterocycles. The van der Waals surface area contributed by atoms with Gasteiger partial charge in [0, 0.05) is 54.9 Å². The molecule has 0 aliphatic rings.